The fraction of sp³-hybridized carbons (Fsp3) is 0.640. The predicted octanol–water partition coefficient (Wildman–Crippen LogP) is 4.05. The average molecular weight is 488 g/mol. The molecule has 2 aromatic heterocycles. The van der Waals surface area contributed by atoms with E-state index in [0.717, 1.165) is 36.3 Å². The SMILES string of the molecule is CCOC=O.Cc1nc(-c2cnn(C)c2COC(=O)N(C)CC2CCC2)cnc1OC1CCCC1. The zero-order chi connectivity index (χ0) is 25.2. The Bertz CT molecular complexity index is 969. The van der Waals surface area contributed by atoms with Crippen molar-refractivity contribution in [2.45, 2.75) is 71.5 Å². The van der Waals surface area contributed by atoms with Crippen LogP contribution in [0.2, 0.25) is 0 Å². The van der Waals surface area contributed by atoms with Crippen LogP contribution in [0, 0.1) is 12.8 Å². The van der Waals surface area contributed by atoms with Crippen LogP contribution in [0.3, 0.4) is 0 Å². The molecule has 0 saturated heterocycles. The van der Waals surface area contributed by atoms with Gasteiger partial charge in [0.2, 0.25) is 5.88 Å². The van der Waals surface area contributed by atoms with Gasteiger partial charge in [-0.2, -0.15) is 5.10 Å². The zero-order valence-corrected chi connectivity index (χ0v) is 21.2. The highest BCUT2D eigenvalue weighted by molar-refractivity contribution is 5.68. The molecule has 2 heterocycles. The van der Waals surface area contributed by atoms with E-state index in [9.17, 15) is 9.59 Å². The highest BCUT2D eigenvalue weighted by atomic mass is 16.6. The Labute approximate surface area is 207 Å². The maximum absolute atomic E-state index is 12.4. The predicted molar refractivity (Wildman–Crippen MR) is 130 cm³/mol. The molecule has 35 heavy (non-hydrogen) atoms. The van der Waals surface area contributed by atoms with Crippen molar-refractivity contribution in [3.63, 3.8) is 0 Å². The van der Waals surface area contributed by atoms with Crippen LogP contribution in [0.4, 0.5) is 4.79 Å². The zero-order valence-electron chi connectivity index (χ0n) is 21.2. The first-order chi connectivity index (χ1) is 16.9. The lowest BCUT2D eigenvalue weighted by Crippen LogP contribution is -2.34. The summed E-state index contributed by atoms with van der Waals surface area (Å²) in [4.78, 5) is 32.4. The van der Waals surface area contributed by atoms with Gasteiger partial charge in [0.05, 0.1) is 30.4 Å². The van der Waals surface area contributed by atoms with Gasteiger partial charge in [0.1, 0.15) is 18.4 Å². The van der Waals surface area contributed by atoms with Crippen molar-refractivity contribution >= 4 is 12.6 Å². The summed E-state index contributed by atoms with van der Waals surface area (Å²) in [6.07, 6.45) is 11.6. The van der Waals surface area contributed by atoms with Crippen LogP contribution in [-0.4, -0.2) is 63.5 Å². The highest BCUT2D eigenvalue weighted by Gasteiger charge is 2.23. The molecule has 0 bridgehead atoms. The Morgan fingerprint density at radius 1 is 1.20 bits per heavy atom. The van der Waals surface area contributed by atoms with Crippen molar-refractivity contribution in [1.82, 2.24) is 24.6 Å². The molecule has 1 amide bonds. The van der Waals surface area contributed by atoms with E-state index < -0.39 is 0 Å². The fourth-order valence-corrected chi connectivity index (χ4v) is 4.17. The summed E-state index contributed by atoms with van der Waals surface area (Å²) in [6, 6.07) is 0. The summed E-state index contributed by atoms with van der Waals surface area (Å²) < 4.78 is 17.4. The van der Waals surface area contributed by atoms with Gasteiger partial charge in [-0.3, -0.25) is 9.48 Å². The molecule has 4 rings (SSSR count). The lowest BCUT2D eigenvalue weighted by Gasteiger charge is -2.29. The largest absolute Gasteiger partial charge is 0.473 e. The van der Waals surface area contributed by atoms with Crippen LogP contribution in [0.15, 0.2) is 12.4 Å². The van der Waals surface area contributed by atoms with Crippen LogP contribution in [0.25, 0.3) is 11.3 Å². The molecule has 0 radical (unpaired) electrons. The first kappa shape index (κ1) is 26.4. The van der Waals surface area contributed by atoms with E-state index in [2.05, 4.69) is 19.8 Å². The van der Waals surface area contributed by atoms with Gasteiger partial charge in [0.25, 0.3) is 6.47 Å². The number of hydrogen-bond donors (Lipinski definition) is 0. The number of aryl methyl sites for hydroxylation is 2. The molecular weight excluding hydrogens is 450 g/mol. The number of hydrogen-bond acceptors (Lipinski definition) is 8. The van der Waals surface area contributed by atoms with Crippen molar-refractivity contribution in [3.05, 3.63) is 23.8 Å². The van der Waals surface area contributed by atoms with Crippen LogP contribution in [0.5, 0.6) is 5.88 Å². The van der Waals surface area contributed by atoms with Gasteiger partial charge in [0, 0.05) is 26.2 Å². The molecule has 2 aromatic rings. The van der Waals surface area contributed by atoms with Gasteiger partial charge >= 0.3 is 6.09 Å². The van der Waals surface area contributed by atoms with E-state index in [4.69, 9.17) is 9.47 Å². The topological polar surface area (TPSA) is 109 Å². The van der Waals surface area contributed by atoms with Crippen LogP contribution < -0.4 is 4.74 Å². The first-order valence-corrected chi connectivity index (χ1v) is 12.4. The molecule has 2 aliphatic carbocycles. The standard InChI is InChI=1S/C22H31N5O3.C3H6O2/c1-15-21(30-17-9-4-5-10-17)23-12-19(25-15)18-11-24-27(3)20(18)14-29-22(28)26(2)13-16-7-6-8-16;1-2-5-3-4/h11-12,16-17H,4-10,13-14H2,1-3H3;3H,2H2,1H3. The summed E-state index contributed by atoms with van der Waals surface area (Å²) in [7, 11) is 3.63. The number of nitrogens with zero attached hydrogens (tertiary/aromatic N) is 5. The molecule has 0 aromatic carbocycles. The fourth-order valence-electron chi connectivity index (χ4n) is 4.17. The summed E-state index contributed by atoms with van der Waals surface area (Å²) in [5.74, 6) is 1.21. The van der Waals surface area contributed by atoms with Crippen molar-refractivity contribution < 1.29 is 23.8 Å². The van der Waals surface area contributed by atoms with Gasteiger partial charge in [0.15, 0.2) is 0 Å². The van der Waals surface area contributed by atoms with Gasteiger partial charge < -0.3 is 19.1 Å². The highest BCUT2D eigenvalue weighted by Crippen LogP contribution is 2.28. The van der Waals surface area contributed by atoms with Gasteiger partial charge in [-0.25, -0.2) is 14.8 Å². The summed E-state index contributed by atoms with van der Waals surface area (Å²) in [5, 5.41) is 4.33. The minimum atomic E-state index is -0.309. The average Bonchev–Trinajstić information content (AvgIpc) is 3.46. The molecule has 0 atom stereocenters. The Morgan fingerprint density at radius 3 is 2.51 bits per heavy atom. The van der Waals surface area contributed by atoms with E-state index in [1.165, 1.54) is 32.1 Å². The number of carbonyl (C=O) groups excluding carboxylic acids is 2. The van der Waals surface area contributed by atoms with Crippen LogP contribution >= 0.6 is 0 Å². The monoisotopic (exact) mass is 487 g/mol. The van der Waals surface area contributed by atoms with E-state index in [-0.39, 0.29) is 18.8 Å². The first-order valence-electron chi connectivity index (χ1n) is 12.4. The molecule has 192 valence electrons. The molecule has 0 aliphatic heterocycles. The Balaban J connectivity index is 0.000000623. The van der Waals surface area contributed by atoms with E-state index in [1.807, 2.05) is 14.0 Å². The number of rotatable bonds is 9. The van der Waals surface area contributed by atoms with Gasteiger partial charge in [-0.15, -0.1) is 0 Å². The van der Waals surface area contributed by atoms with Crippen molar-refractivity contribution in [2.75, 3.05) is 20.2 Å². The van der Waals surface area contributed by atoms with E-state index in [0.29, 0.717) is 30.6 Å². The second-order valence-corrected chi connectivity index (χ2v) is 9.08. The molecule has 0 unspecified atom stereocenters. The lowest BCUT2D eigenvalue weighted by molar-refractivity contribution is -0.128. The molecular formula is C25H37N5O5. The molecule has 2 fully saturated rings. The minimum Gasteiger partial charge on any atom is -0.473 e. The lowest BCUT2D eigenvalue weighted by atomic mass is 9.85. The van der Waals surface area contributed by atoms with E-state index >= 15 is 0 Å². The molecule has 0 N–H and O–H groups in total. The van der Waals surface area contributed by atoms with Gasteiger partial charge in [-0.05, 0) is 58.3 Å². The molecule has 10 heteroatoms. The Kier molecular flexibility index (Phi) is 9.86. The smallest absolute Gasteiger partial charge is 0.409 e. The third-order valence-corrected chi connectivity index (χ3v) is 6.46. The second kappa shape index (κ2) is 13.1. The minimum absolute atomic E-state index is 0.140. The van der Waals surface area contributed by atoms with E-state index in [1.54, 1.807) is 35.9 Å². The normalized spacial score (nSPS) is 15.5. The van der Waals surface area contributed by atoms with Crippen molar-refractivity contribution in [3.8, 4) is 17.1 Å². The third kappa shape index (κ3) is 7.40. The molecule has 2 saturated carbocycles. The summed E-state index contributed by atoms with van der Waals surface area (Å²) in [6.45, 7) is 5.47. The third-order valence-electron chi connectivity index (χ3n) is 6.46. The van der Waals surface area contributed by atoms with Crippen LogP contribution in [0.1, 0.15) is 63.3 Å². The summed E-state index contributed by atoms with van der Waals surface area (Å²) >= 11 is 0. The molecule has 2 aliphatic rings. The number of carbonyl (C=O) groups is 2. The number of amides is 1. The van der Waals surface area contributed by atoms with Crippen molar-refractivity contribution in [2.24, 2.45) is 13.0 Å². The maximum Gasteiger partial charge on any atom is 0.409 e. The Morgan fingerprint density at radius 2 is 1.94 bits per heavy atom. The number of ether oxygens (including phenoxy) is 3. The molecule has 10 nitrogen and oxygen atoms in total. The maximum atomic E-state index is 12.4. The quantitative estimate of drug-likeness (QED) is 0.487. The van der Waals surface area contributed by atoms with Gasteiger partial charge in [-0.1, -0.05) is 6.42 Å². The Hall–Kier alpha value is -3.17. The second-order valence-electron chi connectivity index (χ2n) is 9.08. The summed E-state index contributed by atoms with van der Waals surface area (Å²) in [5.41, 5.74) is 3.06. The molecule has 0 spiro atoms. The van der Waals surface area contributed by atoms with Crippen molar-refractivity contribution in [1.29, 1.82) is 0 Å². The van der Waals surface area contributed by atoms with Crippen LogP contribution in [-0.2, 0) is 27.9 Å². The number of aromatic nitrogens is 4.